The van der Waals surface area contributed by atoms with E-state index < -0.39 is 91.1 Å². The van der Waals surface area contributed by atoms with Crippen LogP contribution in [0.5, 0.6) is 0 Å². The molecule has 0 aliphatic heterocycles. The zero-order valence-electron chi connectivity index (χ0n) is 63.2. The fourth-order valence-electron chi connectivity index (χ4n) is 8.43. The molecule has 0 saturated heterocycles. The summed E-state index contributed by atoms with van der Waals surface area (Å²) in [5.74, 6) is -3.34. The summed E-state index contributed by atoms with van der Waals surface area (Å²) < 4.78 is 0. The molecular formula is C72H144O16. The van der Waals surface area contributed by atoms with Crippen molar-refractivity contribution in [1.29, 1.82) is 0 Å². The number of unbranched alkanes of at least 4 members (excludes halogenated alkanes) is 2. The summed E-state index contributed by atoms with van der Waals surface area (Å²) in [5, 5.41) is 70.6. The van der Waals surface area contributed by atoms with Crippen LogP contribution in [-0.4, -0.2) is 88.6 Å². The molecule has 0 spiro atoms. The van der Waals surface area contributed by atoms with Crippen molar-refractivity contribution < 1.29 is 79.2 Å². The van der Waals surface area contributed by atoms with Crippen molar-refractivity contribution >= 4 is 47.8 Å². The van der Waals surface area contributed by atoms with Gasteiger partial charge in [0.25, 0.3) is 0 Å². The third-order valence-electron chi connectivity index (χ3n) is 18.5. The fourth-order valence-corrected chi connectivity index (χ4v) is 8.43. The van der Waals surface area contributed by atoms with Gasteiger partial charge in [0.1, 0.15) is 0 Å². The van der Waals surface area contributed by atoms with Crippen molar-refractivity contribution in [2.45, 2.75) is 325 Å². The van der Waals surface area contributed by atoms with Crippen molar-refractivity contribution in [2.24, 2.45) is 89.7 Å². The number of aliphatic carboxylic acids is 8. The average Bonchev–Trinajstić information content (AvgIpc) is 3.35. The summed E-state index contributed by atoms with van der Waals surface area (Å²) in [6, 6.07) is 0. The zero-order valence-corrected chi connectivity index (χ0v) is 63.2. The molecule has 0 aromatic carbocycles. The Kier molecular flexibility index (Phi) is 50.3. The molecule has 0 fully saturated rings. The molecular weight excluding hydrogens is 1120 g/mol. The van der Waals surface area contributed by atoms with Crippen LogP contribution in [0.4, 0.5) is 0 Å². The Labute approximate surface area is 539 Å². The van der Waals surface area contributed by atoms with Crippen LogP contribution in [0.25, 0.3) is 0 Å². The van der Waals surface area contributed by atoms with Crippen molar-refractivity contribution in [3.05, 3.63) is 0 Å². The highest BCUT2D eigenvalue weighted by Gasteiger charge is 2.42. The van der Waals surface area contributed by atoms with Gasteiger partial charge in [-0.25, -0.2) is 0 Å². The molecule has 16 heteroatoms. The number of carbonyl (C=O) groups is 8. The van der Waals surface area contributed by atoms with E-state index in [9.17, 15) is 38.4 Å². The molecule has 8 N–H and O–H groups in total. The van der Waals surface area contributed by atoms with Crippen LogP contribution in [-0.2, 0) is 38.4 Å². The number of carboxylic acid groups (broad SMARTS) is 8. The number of hydrogen-bond acceptors (Lipinski definition) is 8. The van der Waals surface area contributed by atoms with Crippen LogP contribution in [0, 0.1) is 89.7 Å². The van der Waals surface area contributed by atoms with Crippen molar-refractivity contribution in [3.63, 3.8) is 0 Å². The largest absolute Gasteiger partial charge is 0.481 e. The van der Waals surface area contributed by atoms with Gasteiger partial charge in [-0.3, -0.25) is 38.4 Å². The van der Waals surface area contributed by atoms with E-state index in [-0.39, 0.29) is 22.7 Å². The number of carboxylic acids is 8. The highest BCUT2D eigenvalue weighted by Crippen LogP contribution is 2.41. The zero-order chi connectivity index (χ0) is 73.0. The second-order valence-corrected chi connectivity index (χ2v) is 32.1. The first kappa shape index (κ1) is 100.0. The molecule has 0 aliphatic rings. The molecule has 528 valence electrons. The van der Waals surface area contributed by atoms with Crippen molar-refractivity contribution in [1.82, 2.24) is 0 Å². The monoisotopic (exact) mass is 1270 g/mol. The maximum Gasteiger partial charge on any atom is 0.309 e. The van der Waals surface area contributed by atoms with E-state index in [1.807, 2.05) is 48.5 Å². The standard InChI is InChI=1S/8C9H18O2/c1-8(2,3)6-9(4,5)7(10)11;1-7(2)5-6-9(3,4)8(10)11;1-6-8(2,3)9(4,5)7(10)11;1-6(2)7(3)9(4,5)8(10)11;1-5-7(2)6-9(3,4)8(10)11;1-5-6-7(2)9(3,4)8(10)11;1-5-7(6-2)9(3,4)8(10)11;1-4-5-6-7-9(2,3)8(10)11/h6H2,1-5H3,(H,10,11);7H,5-6H2,1-4H3,(H,10,11);6H2,1-5H3,(H,10,11);6-7H,1-5H3,(H,10,11);3*7H,5-6H2,1-4H3,(H,10,11);4-7H2,1-3H3,(H,10,11). The highest BCUT2D eigenvalue weighted by atomic mass is 16.4. The topological polar surface area (TPSA) is 298 Å². The smallest absolute Gasteiger partial charge is 0.309 e. The molecule has 3 atom stereocenters. The number of hydrogen-bond donors (Lipinski definition) is 8. The minimum atomic E-state index is -0.718. The lowest BCUT2D eigenvalue weighted by atomic mass is 9.66. The molecule has 0 heterocycles. The summed E-state index contributed by atoms with van der Waals surface area (Å²) in [6.45, 7) is 65.4. The first-order valence-electron chi connectivity index (χ1n) is 32.7. The molecule has 0 aromatic rings. The SMILES string of the molecule is CC(C)(C)CC(C)(C)C(=O)O.CC(C)C(C)C(C)(C)C(=O)O.CC(C)CCC(C)(C)C(=O)O.CCC(C)(C)C(C)(C)C(=O)O.CCC(C)CC(C)(C)C(=O)O.CCC(CC)C(C)(C)C(=O)O.CCCC(C)C(C)(C)C(=O)O.CCCCCC(C)(C)C(=O)O. The normalized spacial score (nSPS) is 13.3. The first-order chi connectivity index (χ1) is 38.9. The molecule has 0 radical (unpaired) electrons. The van der Waals surface area contributed by atoms with Gasteiger partial charge in [0.2, 0.25) is 0 Å². The lowest BCUT2D eigenvalue weighted by molar-refractivity contribution is -0.154. The van der Waals surface area contributed by atoms with Gasteiger partial charge < -0.3 is 40.9 Å². The Bertz CT molecular complexity index is 1950. The van der Waals surface area contributed by atoms with Crippen LogP contribution >= 0.6 is 0 Å². The first-order valence-corrected chi connectivity index (χ1v) is 32.7. The van der Waals surface area contributed by atoms with Gasteiger partial charge in [-0.2, -0.15) is 0 Å². The second kappa shape index (κ2) is 44.3. The number of rotatable bonds is 29. The van der Waals surface area contributed by atoms with Gasteiger partial charge in [-0.15, -0.1) is 0 Å². The quantitative estimate of drug-likeness (QED) is 0.0323. The van der Waals surface area contributed by atoms with Gasteiger partial charge >= 0.3 is 47.8 Å². The van der Waals surface area contributed by atoms with Crippen LogP contribution < -0.4 is 0 Å². The van der Waals surface area contributed by atoms with E-state index >= 15 is 0 Å². The third kappa shape index (κ3) is 44.3. The van der Waals surface area contributed by atoms with E-state index in [1.54, 1.807) is 111 Å². The van der Waals surface area contributed by atoms with E-state index in [4.69, 9.17) is 40.9 Å². The molecule has 0 rings (SSSR count). The van der Waals surface area contributed by atoms with E-state index in [2.05, 4.69) is 76.2 Å². The maximum absolute atomic E-state index is 10.8. The Morgan fingerprint density at radius 1 is 0.364 bits per heavy atom. The summed E-state index contributed by atoms with van der Waals surface area (Å²) in [4.78, 5) is 85.7. The average molecular weight is 1270 g/mol. The minimum Gasteiger partial charge on any atom is -0.481 e. The summed E-state index contributed by atoms with van der Waals surface area (Å²) in [5.41, 5.74) is -4.68. The molecule has 0 aliphatic carbocycles. The second-order valence-electron chi connectivity index (χ2n) is 32.1. The molecule has 88 heavy (non-hydrogen) atoms. The minimum absolute atomic E-state index is 0.0852. The van der Waals surface area contributed by atoms with Crippen molar-refractivity contribution in [3.8, 4) is 0 Å². The summed E-state index contributed by atoms with van der Waals surface area (Å²) in [6.07, 6.45) is 13.2. The van der Waals surface area contributed by atoms with Crippen molar-refractivity contribution in [2.75, 3.05) is 0 Å². The fraction of sp³-hybridized carbons (Fsp3) is 0.889. The molecule has 0 saturated carbocycles. The summed E-state index contributed by atoms with van der Waals surface area (Å²) >= 11 is 0. The van der Waals surface area contributed by atoms with Gasteiger partial charge in [0.15, 0.2) is 0 Å². The van der Waals surface area contributed by atoms with E-state index in [0.29, 0.717) is 30.1 Å². The molecule has 0 aromatic heterocycles. The van der Waals surface area contributed by atoms with Gasteiger partial charge in [-0.1, -0.05) is 170 Å². The van der Waals surface area contributed by atoms with Crippen LogP contribution in [0.2, 0.25) is 0 Å². The third-order valence-corrected chi connectivity index (χ3v) is 18.5. The van der Waals surface area contributed by atoms with Crippen LogP contribution in [0.1, 0.15) is 325 Å². The van der Waals surface area contributed by atoms with Gasteiger partial charge in [-0.05, 0) is 202 Å². The van der Waals surface area contributed by atoms with Gasteiger partial charge in [0.05, 0.1) is 43.3 Å². The predicted octanol–water partition coefficient (Wildman–Crippen LogP) is 20.3. The Morgan fingerprint density at radius 2 is 0.716 bits per heavy atom. The molecule has 0 bridgehead atoms. The molecule has 0 amide bonds. The lowest BCUT2D eigenvalue weighted by Crippen LogP contribution is -2.39. The van der Waals surface area contributed by atoms with Gasteiger partial charge in [0, 0.05) is 0 Å². The Hall–Kier alpha value is -4.24. The Morgan fingerprint density at radius 3 is 0.909 bits per heavy atom. The van der Waals surface area contributed by atoms with E-state index in [0.717, 1.165) is 83.5 Å². The molecule has 3 unspecified atom stereocenters. The predicted molar refractivity (Wildman–Crippen MR) is 364 cm³/mol. The summed E-state index contributed by atoms with van der Waals surface area (Å²) in [7, 11) is 0. The maximum atomic E-state index is 10.8. The van der Waals surface area contributed by atoms with Crippen LogP contribution in [0.3, 0.4) is 0 Å². The highest BCUT2D eigenvalue weighted by molar-refractivity contribution is 5.76. The lowest BCUT2D eigenvalue weighted by Gasteiger charge is -2.37. The molecule has 16 nitrogen and oxygen atoms in total. The van der Waals surface area contributed by atoms with E-state index in [1.165, 1.54) is 0 Å². The van der Waals surface area contributed by atoms with Crippen LogP contribution in [0.15, 0.2) is 0 Å². The Balaban J connectivity index is -0.000000139.